The SMILES string of the molecule is CCCOc1ccccc1OCC(=O)C1CCCCC1. The quantitative estimate of drug-likeness (QED) is 0.755. The molecule has 0 N–H and O–H groups in total. The van der Waals surface area contributed by atoms with E-state index in [1.54, 1.807) is 0 Å². The second-order valence-corrected chi connectivity index (χ2v) is 5.39. The molecule has 2 rings (SSSR count). The summed E-state index contributed by atoms with van der Waals surface area (Å²) < 4.78 is 11.3. The Labute approximate surface area is 121 Å². The number of Topliss-reactive ketones (excluding diaryl/α,β-unsaturated/α-hetero) is 1. The van der Waals surface area contributed by atoms with Gasteiger partial charge in [-0.3, -0.25) is 4.79 Å². The van der Waals surface area contributed by atoms with Crippen molar-refractivity contribution in [3.05, 3.63) is 24.3 Å². The van der Waals surface area contributed by atoms with Crippen molar-refractivity contribution in [3.63, 3.8) is 0 Å². The minimum absolute atomic E-state index is 0.164. The van der Waals surface area contributed by atoms with Crippen molar-refractivity contribution in [3.8, 4) is 11.5 Å². The Bertz CT molecular complexity index is 422. The van der Waals surface area contributed by atoms with Crippen LogP contribution < -0.4 is 9.47 Å². The van der Waals surface area contributed by atoms with Crippen LogP contribution in [0.25, 0.3) is 0 Å². The number of ketones is 1. The number of benzene rings is 1. The van der Waals surface area contributed by atoms with Crippen molar-refractivity contribution in [2.75, 3.05) is 13.2 Å². The Balaban J connectivity index is 1.87. The first-order chi connectivity index (χ1) is 9.81. The van der Waals surface area contributed by atoms with E-state index in [0.29, 0.717) is 12.4 Å². The van der Waals surface area contributed by atoms with Gasteiger partial charge in [0.2, 0.25) is 0 Å². The molecule has 110 valence electrons. The molecule has 0 heterocycles. The van der Waals surface area contributed by atoms with Crippen LogP contribution in [0.15, 0.2) is 24.3 Å². The van der Waals surface area contributed by atoms with Crippen molar-refractivity contribution >= 4 is 5.78 Å². The fourth-order valence-electron chi connectivity index (χ4n) is 2.59. The van der Waals surface area contributed by atoms with Gasteiger partial charge >= 0.3 is 0 Å². The normalized spacial score (nSPS) is 15.8. The van der Waals surface area contributed by atoms with E-state index in [9.17, 15) is 4.79 Å². The lowest BCUT2D eigenvalue weighted by atomic mass is 9.86. The van der Waals surface area contributed by atoms with Crippen molar-refractivity contribution in [2.24, 2.45) is 5.92 Å². The van der Waals surface area contributed by atoms with Crippen LogP contribution in [0, 0.1) is 5.92 Å². The van der Waals surface area contributed by atoms with Crippen LogP contribution in [0.3, 0.4) is 0 Å². The lowest BCUT2D eigenvalue weighted by Crippen LogP contribution is -2.23. The maximum Gasteiger partial charge on any atom is 0.173 e. The minimum atomic E-state index is 0.164. The molecule has 3 nitrogen and oxygen atoms in total. The van der Waals surface area contributed by atoms with Gasteiger partial charge in [-0.25, -0.2) is 0 Å². The van der Waals surface area contributed by atoms with E-state index < -0.39 is 0 Å². The fourth-order valence-corrected chi connectivity index (χ4v) is 2.59. The molecule has 1 aliphatic rings. The summed E-state index contributed by atoms with van der Waals surface area (Å²) >= 11 is 0. The molecule has 0 bridgehead atoms. The van der Waals surface area contributed by atoms with Gasteiger partial charge in [0.25, 0.3) is 0 Å². The Kier molecular flexibility index (Phi) is 5.90. The molecule has 3 heteroatoms. The molecule has 1 saturated carbocycles. The summed E-state index contributed by atoms with van der Waals surface area (Å²) in [7, 11) is 0. The number of rotatable bonds is 7. The van der Waals surface area contributed by atoms with E-state index >= 15 is 0 Å². The molecule has 0 spiro atoms. The molecule has 0 saturated heterocycles. The van der Waals surface area contributed by atoms with E-state index in [1.807, 2.05) is 24.3 Å². The van der Waals surface area contributed by atoms with Gasteiger partial charge in [-0.05, 0) is 31.4 Å². The third-order valence-electron chi connectivity index (χ3n) is 3.74. The van der Waals surface area contributed by atoms with Crippen molar-refractivity contribution in [1.29, 1.82) is 0 Å². The van der Waals surface area contributed by atoms with Crippen LogP contribution in [-0.4, -0.2) is 19.0 Å². The monoisotopic (exact) mass is 276 g/mol. The Morgan fingerprint density at radius 3 is 2.40 bits per heavy atom. The molecule has 0 radical (unpaired) electrons. The van der Waals surface area contributed by atoms with E-state index in [4.69, 9.17) is 9.47 Å². The van der Waals surface area contributed by atoms with Crippen LogP contribution in [0.2, 0.25) is 0 Å². The van der Waals surface area contributed by atoms with E-state index in [1.165, 1.54) is 19.3 Å². The highest BCUT2D eigenvalue weighted by Crippen LogP contribution is 2.28. The van der Waals surface area contributed by atoms with Gasteiger partial charge in [-0.1, -0.05) is 38.3 Å². The number of para-hydroxylation sites is 2. The van der Waals surface area contributed by atoms with Crippen LogP contribution >= 0.6 is 0 Å². The number of carbonyl (C=O) groups excluding carboxylic acids is 1. The molecular formula is C17H24O3. The second kappa shape index (κ2) is 7.93. The minimum Gasteiger partial charge on any atom is -0.490 e. The molecule has 20 heavy (non-hydrogen) atoms. The number of hydrogen-bond donors (Lipinski definition) is 0. The first kappa shape index (κ1) is 14.9. The fraction of sp³-hybridized carbons (Fsp3) is 0.588. The summed E-state index contributed by atoms with van der Waals surface area (Å²) in [6.07, 6.45) is 6.61. The zero-order chi connectivity index (χ0) is 14.2. The van der Waals surface area contributed by atoms with Crippen molar-refractivity contribution in [1.82, 2.24) is 0 Å². The second-order valence-electron chi connectivity index (χ2n) is 5.39. The van der Waals surface area contributed by atoms with Gasteiger partial charge in [0.05, 0.1) is 6.61 Å². The summed E-state index contributed by atoms with van der Waals surface area (Å²) in [6, 6.07) is 7.56. The lowest BCUT2D eigenvalue weighted by molar-refractivity contribution is -0.125. The van der Waals surface area contributed by atoms with Crippen LogP contribution in [-0.2, 0) is 4.79 Å². The maximum absolute atomic E-state index is 12.1. The van der Waals surface area contributed by atoms with Crippen molar-refractivity contribution < 1.29 is 14.3 Å². The van der Waals surface area contributed by atoms with Crippen molar-refractivity contribution in [2.45, 2.75) is 45.4 Å². The Morgan fingerprint density at radius 1 is 1.10 bits per heavy atom. The Morgan fingerprint density at radius 2 is 1.75 bits per heavy atom. The highest BCUT2D eigenvalue weighted by Gasteiger charge is 2.21. The number of ether oxygens (including phenoxy) is 2. The van der Waals surface area contributed by atoms with Gasteiger partial charge in [-0.2, -0.15) is 0 Å². The van der Waals surface area contributed by atoms with Gasteiger partial charge in [0.1, 0.15) is 6.61 Å². The predicted octanol–water partition coefficient (Wildman–Crippen LogP) is 4.00. The highest BCUT2D eigenvalue weighted by atomic mass is 16.5. The third kappa shape index (κ3) is 4.26. The van der Waals surface area contributed by atoms with Gasteiger partial charge < -0.3 is 9.47 Å². The smallest absolute Gasteiger partial charge is 0.173 e. The van der Waals surface area contributed by atoms with E-state index in [2.05, 4.69) is 6.92 Å². The molecule has 0 aromatic heterocycles. The van der Waals surface area contributed by atoms with E-state index in [-0.39, 0.29) is 18.3 Å². The number of carbonyl (C=O) groups is 1. The molecule has 0 amide bonds. The molecule has 1 aromatic carbocycles. The summed E-state index contributed by atoms with van der Waals surface area (Å²) in [5, 5.41) is 0. The summed E-state index contributed by atoms with van der Waals surface area (Å²) in [5.74, 6) is 1.83. The zero-order valence-corrected chi connectivity index (χ0v) is 12.3. The van der Waals surface area contributed by atoms with Gasteiger partial charge in [-0.15, -0.1) is 0 Å². The van der Waals surface area contributed by atoms with Crippen LogP contribution in [0.4, 0.5) is 0 Å². The molecular weight excluding hydrogens is 252 g/mol. The largest absolute Gasteiger partial charge is 0.490 e. The molecule has 1 aromatic rings. The first-order valence-electron chi connectivity index (χ1n) is 7.68. The lowest BCUT2D eigenvalue weighted by Gasteiger charge is -2.20. The Hall–Kier alpha value is -1.51. The molecule has 1 aliphatic carbocycles. The summed E-state index contributed by atoms with van der Waals surface area (Å²) in [6.45, 7) is 2.89. The van der Waals surface area contributed by atoms with Gasteiger partial charge in [0.15, 0.2) is 17.3 Å². The third-order valence-corrected chi connectivity index (χ3v) is 3.74. The summed E-state index contributed by atoms with van der Waals surface area (Å²) in [5.41, 5.74) is 0. The number of hydrogen-bond acceptors (Lipinski definition) is 3. The highest BCUT2D eigenvalue weighted by molar-refractivity contribution is 5.82. The molecule has 0 aliphatic heterocycles. The molecule has 0 atom stereocenters. The average molecular weight is 276 g/mol. The maximum atomic E-state index is 12.1. The standard InChI is InChI=1S/C17H24O3/c1-2-12-19-16-10-6-7-11-17(16)20-13-15(18)14-8-4-3-5-9-14/h6-7,10-11,14H,2-5,8-9,12-13H2,1H3. The van der Waals surface area contributed by atoms with Gasteiger partial charge in [0, 0.05) is 5.92 Å². The topological polar surface area (TPSA) is 35.5 Å². The van der Waals surface area contributed by atoms with Crippen LogP contribution in [0.1, 0.15) is 45.4 Å². The molecule has 1 fully saturated rings. The van der Waals surface area contributed by atoms with E-state index in [0.717, 1.165) is 25.0 Å². The zero-order valence-electron chi connectivity index (χ0n) is 12.3. The first-order valence-corrected chi connectivity index (χ1v) is 7.68. The average Bonchev–Trinajstić information content (AvgIpc) is 2.52. The summed E-state index contributed by atoms with van der Waals surface area (Å²) in [4.78, 5) is 12.1. The predicted molar refractivity (Wildman–Crippen MR) is 79.3 cm³/mol. The molecule has 0 unspecified atom stereocenters. The van der Waals surface area contributed by atoms with Crippen LogP contribution in [0.5, 0.6) is 11.5 Å².